The molecule has 0 radical (unpaired) electrons. The fraction of sp³-hybridized carbons (Fsp3) is 0.320. The topological polar surface area (TPSA) is 109 Å². The van der Waals surface area contributed by atoms with Crippen molar-refractivity contribution < 1.29 is 14.3 Å². The van der Waals surface area contributed by atoms with Gasteiger partial charge in [-0.2, -0.15) is 0 Å². The summed E-state index contributed by atoms with van der Waals surface area (Å²) in [7, 11) is 1.71. The van der Waals surface area contributed by atoms with E-state index in [0.29, 0.717) is 23.8 Å². The number of piperidine rings is 1. The molecule has 0 spiro atoms. The van der Waals surface area contributed by atoms with Crippen molar-refractivity contribution in [3.8, 4) is 11.4 Å². The Bertz CT molecular complexity index is 1190. The van der Waals surface area contributed by atoms with Gasteiger partial charge >= 0.3 is 0 Å². The minimum absolute atomic E-state index is 0.118. The molecule has 1 aliphatic rings. The number of anilines is 1. The Morgan fingerprint density at radius 2 is 1.97 bits per heavy atom. The number of methoxy groups -OCH3 is 1. The van der Waals surface area contributed by atoms with Crippen molar-refractivity contribution in [1.29, 1.82) is 0 Å². The lowest BCUT2D eigenvalue weighted by Crippen LogP contribution is -2.45. The maximum atomic E-state index is 12.9. The molecule has 0 bridgehead atoms. The summed E-state index contributed by atoms with van der Waals surface area (Å²) in [5, 5.41) is 6.64. The fourth-order valence-corrected chi connectivity index (χ4v) is 3.98. The van der Waals surface area contributed by atoms with Crippen LogP contribution in [0.25, 0.3) is 22.3 Å². The number of aromatic nitrogens is 3. The number of rotatable bonds is 8. The molecule has 4 rings (SSSR count). The van der Waals surface area contributed by atoms with E-state index in [1.54, 1.807) is 31.6 Å². The van der Waals surface area contributed by atoms with Crippen LogP contribution in [0.15, 0.2) is 55.4 Å². The van der Waals surface area contributed by atoms with Crippen molar-refractivity contribution in [2.24, 2.45) is 0 Å². The summed E-state index contributed by atoms with van der Waals surface area (Å²) in [5.41, 5.74) is 2.37. The fourth-order valence-electron chi connectivity index (χ4n) is 3.98. The number of likely N-dealkylation sites (tertiary alicyclic amines) is 1. The van der Waals surface area contributed by atoms with Crippen LogP contribution < -0.4 is 10.6 Å². The average Bonchev–Trinajstić information content (AvgIpc) is 2.88. The molecule has 0 atom stereocenters. The van der Waals surface area contributed by atoms with Gasteiger partial charge < -0.3 is 20.3 Å². The van der Waals surface area contributed by atoms with Crippen LogP contribution >= 0.6 is 0 Å². The van der Waals surface area contributed by atoms with Crippen LogP contribution in [-0.4, -0.2) is 71.1 Å². The molecule has 1 fully saturated rings. The molecule has 2 N–H and O–H groups in total. The van der Waals surface area contributed by atoms with Crippen molar-refractivity contribution in [3.05, 3.63) is 61.1 Å². The van der Waals surface area contributed by atoms with E-state index in [-0.39, 0.29) is 17.9 Å². The molecule has 9 heteroatoms. The molecule has 3 aromatic rings. The Balaban J connectivity index is 1.49. The molecular weight excluding hydrogens is 432 g/mol. The first-order valence-corrected chi connectivity index (χ1v) is 11.2. The minimum Gasteiger partial charge on any atom is -0.383 e. The van der Waals surface area contributed by atoms with Crippen molar-refractivity contribution in [2.75, 3.05) is 38.7 Å². The van der Waals surface area contributed by atoms with Gasteiger partial charge in [-0.15, -0.1) is 0 Å². The van der Waals surface area contributed by atoms with Gasteiger partial charge in [0.1, 0.15) is 5.69 Å². The summed E-state index contributed by atoms with van der Waals surface area (Å²) >= 11 is 0. The van der Waals surface area contributed by atoms with Crippen LogP contribution in [0.3, 0.4) is 0 Å². The quantitative estimate of drug-likeness (QED) is 0.498. The van der Waals surface area contributed by atoms with E-state index >= 15 is 0 Å². The Morgan fingerprint density at radius 3 is 2.74 bits per heavy atom. The van der Waals surface area contributed by atoms with Crippen LogP contribution in [0.2, 0.25) is 0 Å². The average molecular weight is 461 g/mol. The van der Waals surface area contributed by atoms with Gasteiger partial charge in [-0.25, -0.2) is 9.97 Å². The Kier molecular flexibility index (Phi) is 7.56. The first-order valence-electron chi connectivity index (χ1n) is 11.2. The first kappa shape index (κ1) is 23.5. The summed E-state index contributed by atoms with van der Waals surface area (Å²) in [6.07, 6.45) is 6.21. The predicted octanol–water partition coefficient (Wildman–Crippen LogP) is 2.66. The number of nitrogens with one attached hydrogen (secondary N) is 2. The number of benzene rings is 1. The van der Waals surface area contributed by atoms with Gasteiger partial charge in [0.15, 0.2) is 5.82 Å². The molecule has 0 saturated carbocycles. The summed E-state index contributed by atoms with van der Waals surface area (Å²) in [6, 6.07) is 8.99. The van der Waals surface area contributed by atoms with Crippen LogP contribution in [-0.2, 0) is 9.53 Å². The third-order valence-electron chi connectivity index (χ3n) is 5.87. The molecule has 0 unspecified atom stereocenters. The number of ether oxygens (including phenoxy) is 1. The number of nitrogens with zero attached hydrogens (tertiary/aromatic N) is 4. The zero-order valence-corrected chi connectivity index (χ0v) is 19.2. The highest BCUT2D eigenvalue weighted by molar-refractivity contribution is 6.05. The predicted molar refractivity (Wildman–Crippen MR) is 130 cm³/mol. The number of fused-ring (bicyclic) bond motifs is 1. The van der Waals surface area contributed by atoms with Crippen LogP contribution in [0.1, 0.15) is 23.3 Å². The van der Waals surface area contributed by atoms with Crippen LogP contribution in [0, 0.1) is 0 Å². The molecule has 2 aromatic heterocycles. The second-order valence-electron chi connectivity index (χ2n) is 8.13. The standard InChI is InChI=1S/C25H28N6O3/c1-3-23(32)29-21-6-10-26-20-5-4-17(16-19(20)21)24-27-11-7-22(30-24)25(33)28-18-8-12-31(13-9-18)14-15-34-2/h3-7,10-11,16,18H,1,8-9,12-15H2,2H3,(H,28,33)(H,26,29,32). The second-order valence-corrected chi connectivity index (χ2v) is 8.13. The van der Waals surface area contributed by atoms with Crippen molar-refractivity contribution in [3.63, 3.8) is 0 Å². The lowest BCUT2D eigenvalue weighted by molar-refractivity contribution is -0.111. The Morgan fingerprint density at radius 1 is 1.18 bits per heavy atom. The zero-order chi connectivity index (χ0) is 23.9. The molecule has 2 amide bonds. The van der Waals surface area contributed by atoms with Gasteiger partial charge in [-0.3, -0.25) is 14.6 Å². The lowest BCUT2D eigenvalue weighted by atomic mass is 10.0. The summed E-state index contributed by atoms with van der Waals surface area (Å²) in [5.74, 6) is -0.0912. The molecule has 176 valence electrons. The highest BCUT2D eigenvalue weighted by atomic mass is 16.5. The number of hydrogen-bond donors (Lipinski definition) is 2. The molecule has 1 saturated heterocycles. The SMILES string of the molecule is C=CC(=O)Nc1ccnc2ccc(-c3nccc(C(=O)NC4CCN(CCOC)CC4)n3)cc12. The molecule has 1 aromatic carbocycles. The van der Waals surface area contributed by atoms with E-state index in [0.717, 1.165) is 48.9 Å². The maximum Gasteiger partial charge on any atom is 0.270 e. The maximum absolute atomic E-state index is 12.9. The smallest absolute Gasteiger partial charge is 0.270 e. The van der Waals surface area contributed by atoms with Crippen LogP contribution in [0.4, 0.5) is 5.69 Å². The molecule has 9 nitrogen and oxygen atoms in total. The van der Waals surface area contributed by atoms with E-state index in [2.05, 4.69) is 37.1 Å². The molecule has 34 heavy (non-hydrogen) atoms. The number of carbonyl (C=O) groups excluding carboxylic acids is 2. The van der Waals surface area contributed by atoms with Gasteiger partial charge in [0.2, 0.25) is 5.91 Å². The van der Waals surface area contributed by atoms with Crippen LogP contribution in [0.5, 0.6) is 0 Å². The molecule has 3 heterocycles. The van der Waals surface area contributed by atoms with Gasteiger partial charge in [-0.05, 0) is 49.2 Å². The largest absolute Gasteiger partial charge is 0.383 e. The second kappa shape index (κ2) is 11.0. The van der Waals surface area contributed by atoms with E-state index in [9.17, 15) is 9.59 Å². The van der Waals surface area contributed by atoms with E-state index in [1.807, 2.05) is 18.2 Å². The van der Waals surface area contributed by atoms with Gasteiger partial charge in [0.05, 0.1) is 17.8 Å². The lowest BCUT2D eigenvalue weighted by Gasteiger charge is -2.32. The molecule has 1 aliphatic heterocycles. The Hall–Kier alpha value is -3.69. The highest BCUT2D eigenvalue weighted by Crippen LogP contribution is 2.26. The van der Waals surface area contributed by atoms with Gasteiger partial charge in [0.25, 0.3) is 5.91 Å². The van der Waals surface area contributed by atoms with Gasteiger partial charge in [-0.1, -0.05) is 6.58 Å². The zero-order valence-electron chi connectivity index (χ0n) is 19.2. The Labute approximate surface area is 198 Å². The number of carbonyl (C=O) groups is 2. The van der Waals surface area contributed by atoms with E-state index in [4.69, 9.17) is 4.74 Å². The van der Waals surface area contributed by atoms with E-state index in [1.165, 1.54) is 6.08 Å². The van der Waals surface area contributed by atoms with Crippen molar-refractivity contribution in [2.45, 2.75) is 18.9 Å². The normalized spacial score (nSPS) is 14.6. The monoisotopic (exact) mass is 460 g/mol. The minimum atomic E-state index is -0.308. The number of pyridine rings is 1. The van der Waals surface area contributed by atoms with Gasteiger partial charge in [0, 0.05) is 56.1 Å². The summed E-state index contributed by atoms with van der Waals surface area (Å²) in [6.45, 7) is 6.98. The summed E-state index contributed by atoms with van der Waals surface area (Å²) < 4.78 is 5.14. The third kappa shape index (κ3) is 5.62. The number of amides is 2. The highest BCUT2D eigenvalue weighted by Gasteiger charge is 2.21. The van der Waals surface area contributed by atoms with Crippen molar-refractivity contribution in [1.82, 2.24) is 25.2 Å². The summed E-state index contributed by atoms with van der Waals surface area (Å²) in [4.78, 5) is 40.2. The third-order valence-corrected chi connectivity index (χ3v) is 5.87. The molecular formula is C25H28N6O3. The van der Waals surface area contributed by atoms with Crippen molar-refractivity contribution >= 4 is 28.4 Å². The van der Waals surface area contributed by atoms with E-state index < -0.39 is 0 Å². The number of hydrogen-bond acceptors (Lipinski definition) is 7. The molecule has 0 aliphatic carbocycles. The first-order chi connectivity index (χ1) is 16.6.